The zero-order valence-electron chi connectivity index (χ0n) is 11.7. The highest BCUT2D eigenvalue weighted by Gasteiger charge is 2.03. The number of rotatable bonds is 5. The standard InChI is InChI=1S/C16H14ClN5/c17-13-8-4-5-9-14(13)20-15-11-19-22-16(21-15)18-10-12-6-2-1-3-7-12/h1-9,11H,10H2,(H2,18,20,21,22). The number of halogens is 1. The van der Waals surface area contributed by atoms with Crippen LogP contribution in [0.3, 0.4) is 0 Å². The first kappa shape index (κ1) is 14.3. The monoisotopic (exact) mass is 311 g/mol. The summed E-state index contributed by atoms with van der Waals surface area (Å²) in [4.78, 5) is 4.37. The number of aromatic nitrogens is 3. The molecule has 0 aliphatic heterocycles. The van der Waals surface area contributed by atoms with Crippen LogP contribution in [0.2, 0.25) is 5.02 Å². The van der Waals surface area contributed by atoms with Crippen LogP contribution in [0.1, 0.15) is 5.56 Å². The second kappa shape index (κ2) is 6.87. The molecule has 2 N–H and O–H groups in total. The zero-order chi connectivity index (χ0) is 15.2. The van der Waals surface area contributed by atoms with Crippen molar-refractivity contribution in [2.45, 2.75) is 6.54 Å². The summed E-state index contributed by atoms with van der Waals surface area (Å²) < 4.78 is 0. The Kier molecular flexibility index (Phi) is 4.46. The third-order valence-corrected chi connectivity index (χ3v) is 3.32. The summed E-state index contributed by atoms with van der Waals surface area (Å²) in [6.07, 6.45) is 1.55. The van der Waals surface area contributed by atoms with Crippen LogP contribution >= 0.6 is 11.6 Å². The van der Waals surface area contributed by atoms with E-state index < -0.39 is 0 Å². The molecule has 1 aromatic heterocycles. The Morgan fingerprint density at radius 3 is 2.55 bits per heavy atom. The molecular weight excluding hydrogens is 298 g/mol. The van der Waals surface area contributed by atoms with Gasteiger partial charge in [-0.1, -0.05) is 54.1 Å². The summed E-state index contributed by atoms with van der Waals surface area (Å²) in [5.74, 6) is 1.04. The fourth-order valence-electron chi connectivity index (χ4n) is 1.92. The minimum atomic E-state index is 0.459. The van der Waals surface area contributed by atoms with E-state index in [0.29, 0.717) is 23.3 Å². The van der Waals surface area contributed by atoms with Crippen LogP contribution in [0.4, 0.5) is 17.5 Å². The number of hydrogen-bond acceptors (Lipinski definition) is 5. The molecule has 3 aromatic rings. The molecule has 22 heavy (non-hydrogen) atoms. The van der Waals surface area contributed by atoms with Gasteiger partial charge in [0.25, 0.3) is 0 Å². The molecule has 3 rings (SSSR count). The van der Waals surface area contributed by atoms with Gasteiger partial charge in [0.2, 0.25) is 5.95 Å². The molecule has 0 spiro atoms. The topological polar surface area (TPSA) is 62.7 Å². The second-order valence-electron chi connectivity index (χ2n) is 4.61. The normalized spacial score (nSPS) is 10.2. The molecule has 0 fully saturated rings. The summed E-state index contributed by atoms with van der Waals surface area (Å²) >= 11 is 6.11. The van der Waals surface area contributed by atoms with Gasteiger partial charge in [-0.3, -0.25) is 0 Å². The smallest absolute Gasteiger partial charge is 0.244 e. The lowest BCUT2D eigenvalue weighted by atomic mass is 10.2. The molecule has 0 aliphatic carbocycles. The zero-order valence-corrected chi connectivity index (χ0v) is 12.5. The Balaban J connectivity index is 1.69. The lowest BCUT2D eigenvalue weighted by Gasteiger charge is -2.08. The Hall–Kier alpha value is -2.66. The van der Waals surface area contributed by atoms with Crippen LogP contribution in [0.15, 0.2) is 60.8 Å². The van der Waals surface area contributed by atoms with Crippen LogP contribution in [0.25, 0.3) is 0 Å². The second-order valence-corrected chi connectivity index (χ2v) is 5.02. The quantitative estimate of drug-likeness (QED) is 0.748. The number of para-hydroxylation sites is 1. The van der Waals surface area contributed by atoms with Crippen molar-refractivity contribution >= 4 is 29.1 Å². The molecule has 110 valence electrons. The van der Waals surface area contributed by atoms with Crippen molar-refractivity contribution in [2.75, 3.05) is 10.6 Å². The summed E-state index contributed by atoms with van der Waals surface area (Å²) in [5, 5.41) is 14.8. The number of benzene rings is 2. The van der Waals surface area contributed by atoms with Gasteiger partial charge in [0.15, 0.2) is 5.82 Å². The Bertz CT molecular complexity index is 748. The highest BCUT2D eigenvalue weighted by atomic mass is 35.5. The van der Waals surface area contributed by atoms with Crippen LogP contribution in [0, 0.1) is 0 Å². The summed E-state index contributed by atoms with van der Waals surface area (Å²) in [6.45, 7) is 0.637. The molecule has 0 aliphatic rings. The molecular formula is C16H14ClN5. The molecule has 0 saturated heterocycles. The van der Waals surface area contributed by atoms with Crippen LogP contribution < -0.4 is 10.6 Å². The number of hydrogen-bond donors (Lipinski definition) is 2. The molecule has 6 heteroatoms. The van der Waals surface area contributed by atoms with Crippen molar-refractivity contribution in [2.24, 2.45) is 0 Å². The van der Waals surface area contributed by atoms with E-state index in [4.69, 9.17) is 11.6 Å². The highest BCUT2D eigenvalue weighted by molar-refractivity contribution is 6.33. The van der Waals surface area contributed by atoms with Gasteiger partial charge in [-0.05, 0) is 17.7 Å². The van der Waals surface area contributed by atoms with E-state index in [-0.39, 0.29) is 0 Å². The first-order chi connectivity index (χ1) is 10.8. The van der Waals surface area contributed by atoms with Gasteiger partial charge in [-0.15, -0.1) is 5.10 Å². The molecule has 0 bridgehead atoms. The molecule has 0 radical (unpaired) electrons. The molecule has 0 atom stereocenters. The minimum Gasteiger partial charge on any atom is -0.349 e. The van der Waals surface area contributed by atoms with Crippen molar-refractivity contribution in [1.82, 2.24) is 15.2 Å². The molecule has 0 unspecified atom stereocenters. The predicted octanol–water partition coefficient (Wildman–Crippen LogP) is 3.88. The van der Waals surface area contributed by atoms with Gasteiger partial charge in [0, 0.05) is 6.54 Å². The van der Waals surface area contributed by atoms with E-state index in [2.05, 4.69) is 25.8 Å². The van der Waals surface area contributed by atoms with Gasteiger partial charge in [-0.25, -0.2) is 0 Å². The summed E-state index contributed by atoms with van der Waals surface area (Å²) in [6, 6.07) is 17.5. The summed E-state index contributed by atoms with van der Waals surface area (Å²) in [5.41, 5.74) is 1.93. The maximum atomic E-state index is 6.11. The van der Waals surface area contributed by atoms with Gasteiger partial charge in [-0.2, -0.15) is 10.1 Å². The average Bonchev–Trinajstić information content (AvgIpc) is 2.57. The summed E-state index contributed by atoms with van der Waals surface area (Å²) in [7, 11) is 0. The molecule has 0 amide bonds. The molecule has 5 nitrogen and oxygen atoms in total. The van der Waals surface area contributed by atoms with Gasteiger partial charge in [0.05, 0.1) is 16.9 Å². The first-order valence-corrected chi connectivity index (χ1v) is 7.18. The van der Waals surface area contributed by atoms with Crippen molar-refractivity contribution in [3.05, 3.63) is 71.4 Å². The minimum absolute atomic E-state index is 0.459. The molecule has 1 heterocycles. The predicted molar refractivity (Wildman–Crippen MR) is 88.3 cm³/mol. The Morgan fingerprint density at radius 2 is 1.73 bits per heavy atom. The van der Waals surface area contributed by atoms with Gasteiger partial charge >= 0.3 is 0 Å². The van der Waals surface area contributed by atoms with Crippen LogP contribution in [-0.4, -0.2) is 15.2 Å². The number of nitrogens with zero attached hydrogens (tertiary/aromatic N) is 3. The Morgan fingerprint density at radius 1 is 0.955 bits per heavy atom. The lowest BCUT2D eigenvalue weighted by molar-refractivity contribution is 0.949. The lowest BCUT2D eigenvalue weighted by Crippen LogP contribution is -2.06. The van der Waals surface area contributed by atoms with E-state index in [1.807, 2.05) is 54.6 Å². The Labute approximate surface area is 133 Å². The molecule has 0 saturated carbocycles. The van der Waals surface area contributed by atoms with Crippen LogP contribution in [-0.2, 0) is 6.54 Å². The average molecular weight is 312 g/mol. The van der Waals surface area contributed by atoms with Crippen molar-refractivity contribution < 1.29 is 0 Å². The van der Waals surface area contributed by atoms with E-state index in [0.717, 1.165) is 11.3 Å². The fraction of sp³-hybridized carbons (Fsp3) is 0.0625. The molecule has 2 aromatic carbocycles. The van der Waals surface area contributed by atoms with Crippen molar-refractivity contribution in [1.29, 1.82) is 0 Å². The third-order valence-electron chi connectivity index (χ3n) is 2.99. The van der Waals surface area contributed by atoms with Crippen molar-refractivity contribution in [3.8, 4) is 0 Å². The van der Waals surface area contributed by atoms with Crippen LogP contribution in [0.5, 0.6) is 0 Å². The van der Waals surface area contributed by atoms with E-state index in [1.54, 1.807) is 6.20 Å². The SMILES string of the molecule is Clc1ccccc1Nc1cnnc(NCc2ccccc2)n1. The number of anilines is 3. The van der Waals surface area contributed by atoms with E-state index in [1.165, 1.54) is 0 Å². The van der Waals surface area contributed by atoms with E-state index >= 15 is 0 Å². The number of nitrogens with one attached hydrogen (secondary N) is 2. The maximum Gasteiger partial charge on any atom is 0.244 e. The highest BCUT2D eigenvalue weighted by Crippen LogP contribution is 2.23. The first-order valence-electron chi connectivity index (χ1n) is 6.80. The fourth-order valence-corrected chi connectivity index (χ4v) is 2.10. The third kappa shape index (κ3) is 3.71. The van der Waals surface area contributed by atoms with Crippen molar-refractivity contribution in [3.63, 3.8) is 0 Å². The van der Waals surface area contributed by atoms with Gasteiger partial charge < -0.3 is 10.6 Å². The largest absolute Gasteiger partial charge is 0.349 e. The van der Waals surface area contributed by atoms with Gasteiger partial charge in [0.1, 0.15) is 0 Å². The maximum absolute atomic E-state index is 6.11. The van der Waals surface area contributed by atoms with E-state index in [9.17, 15) is 0 Å².